The van der Waals surface area contributed by atoms with Crippen LogP contribution in [0.2, 0.25) is 0 Å². The molecule has 1 unspecified atom stereocenters. The molecule has 3 aromatic rings. The lowest BCUT2D eigenvalue weighted by molar-refractivity contribution is -0.130. The minimum atomic E-state index is -1.72. The van der Waals surface area contributed by atoms with Gasteiger partial charge >= 0.3 is 6.09 Å². The highest BCUT2D eigenvalue weighted by Gasteiger charge is 2.41. The molecule has 0 radical (unpaired) electrons. The molecule has 0 aliphatic heterocycles. The van der Waals surface area contributed by atoms with Crippen molar-refractivity contribution in [2.45, 2.75) is 25.4 Å². The third-order valence-corrected chi connectivity index (χ3v) is 6.52. The summed E-state index contributed by atoms with van der Waals surface area (Å²) in [5.41, 5.74) is 4.84. The van der Waals surface area contributed by atoms with Crippen molar-refractivity contribution in [1.29, 1.82) is 0 Å². The lowest BCUT2D eigenvalue weighted by Crippen LogP contribution is -2.65. The van der Waals surface area contributed by atoms with Gasteiger partial charge in [-0.2, -0.15) is 0 Å². The van der Waals surface area contributed by atoms with E-state index < -0.39 is 23.4 Å². The van der Waals surface area contributed by atoms with Crippen molar-refractivity contribution in [3.8, 4) is 0 Å². The Morgan fingerprint density at radius 1 is 1.05 bits per heavy atom. The number of methoxy groups -OCH3 is 1. The first-order valence-corrected chi connectivity index (χ1v) is 12.4. The molecule has 12 heteroatoms. The van der Waals surface area contributed by atoms with Crippen molar-refractivity contribution in [2.24, 2.45) is 0 Å². The number of carbonyl (C=O) groups is 4. The van der Waals surface area contributed by atoms with E-state index in [0.29, 0.717) is 12.1 Å². The standard InChI is InChI=1S/C26H29N5O6S/c1-17-15-38-21(27-17)14-31(2)23(33)20-11-7-10-19(12-20)22(32)29-30-24(34)26(16-37-3,28-25(35)36)13-18-8-5-4-6-9-18/h4-12,15,28H,13-14,16H2,1-3H3,(H,29,32)(H,30,34)(H,35,36). The van der Waals surface area contributed by atoms with Crippen molar-refractivity contribution in [2.75, 3.05) is 20.8 Å². The molecule has 2 aromatic carbocycles. The molecule has 0 spiro atoms. The van der Waals surface area contributed by atoms with Crippen LogP contribution >= 0.6 is 11.3 Å². The van der Waals surface area contributed by atoms with Crippen LogP contribution in [-0.4, -0.2) is 65.1 Å². The van der Waals surface area contributed by atoms with Crippen LogP contribution in [0, 0.1) is 6.92 Å². The van der Waals surface area contributed by atoms with Gasteiger partial charge in [0, 0.05) is 42.8 Å². The molecule has 200 valence electrons. The van der Waals surface area contributed by atoms with Crippen molar-refractivity contribution in [1.82, 2.24) is 26.1 Å². The van der Waals surface area contributed by atoms with Crippen LogP contribution in [-0.2, 0) is 22.5 Å². The lowest BCUT2D eigenvalue weighted by atomic mass is 9.90. The fourth-order valence-electron chi connectivity index (χ4n) is 3.80. The fourth-order valence-corrected chi connectivity index (χ4v) is 4.62. The molecule has 11 nitrogen and oxygen atoms in total. The number of thiazole rings is 1. The molecule has 3 rings (SSSR count). The maximum absolute atomic E-state index is 13.2. The van der Waals surface area contributed by atoms with Gasteiger partial charge in [0.1, 0.15) is 5.01 Å². The van der Waals surface area contributed by atoms with E-state index in [4.69, 9.17) is 4.74 Å². The Morgan fingerprint density at radius 3 is 2.39 bits per heavy atom. The zero-order valence-corrected chi connectivity index (χ0v) is 22.0. The summed E-state index contributed by atoms with van der Waals surface area (Å²) in [5, 5.41) is 14.3. The quantitative estimate of drug-likeness (QED) is 0.289. The maximum atomic E-state index is 13.2. The SMILES string of the molecule is COCC(Cc1ccccc1)(NC(=O)O)C(=O)NNC(=O)c1cccc(C(=O)N(C)Cc2nc(C)cs2)c1. The van der Waals surface area contributed by atoms with E-state index in [9.17, 15) is 24.3 Å². The van der Waals surface area contributed by atoms with Gasteiger partial charge in [-0.15, -0.1) is 11.3 Å². The van der Waals surface area contributed by atoms with Gasteiger partial charge in [0.25, 0.3) is 17.7 Å². The third kappa shape index (κ3) is 7.37. The smallest absolute Gasteiger partial charge is 0.405 e. The normalized spacial score (nSPS) is 12.2. The van der Waals surface area contributed by atoms with Crippen molar-refractivity contribution < 1.29 is 29.0 Å². The van der Waals surface area contributed by atoms with Gasteiger partial charge in [-0.1, -0.05) is 36.4 Å². The summed E-state index contributed by atoms with van der Waals surface area (Å²) in [5.74, 6) is -1.80. The topological polar surface area (TPSA) is 150 Å². The number of nitrogens with one attached hydrogen (secondary N) is 3. The molecular formula is C26H29N5O6S. The van der Waals surface area contributed by atoms with Gasteiger partial charge < -0.3 is 20.1 Å². The molecule has 1 aromatic heterocycles. The van der Waals surface area contributed by atoms with Gasteiger partial charge in [-0.25, -0.2) is 9.78 Å². The number of benzene rings is 2. The summed E-state index contributed by atoms with van der Waals surface area (Å²) in [7, 11) is 2.98. The average molecular weight is 540 g/mol. The Morgan fingerprint density at radius 2 is 1.76 bits per heavy atom. The van der Waals surface area contributed by atoms with Crippen LogP contribution < -0.4 is 16.2 Å². The van der Waals surface area contributed by atoms with Gasteiger partial charge in [0.15, 0.2) is 5.54 Å². The highest BCUT2D eigenvalue weighted by molar-refractivity contribution is 7.09. The molecule has 1 atom stereocenters. The number of ether oxygens (including phenoxy) is 1. The van der Waals surface area contributed by atoms with Gasteiger partial charge in [-0.3, -0.25) is 25.2 Å². The third-order valence-electron chi connectivity index (χ3n) is 5.57. The van der Waals surface area contributed by atoms with Crippen LogP contribution in [0.1, 0.15) is 37.0 Å². The summed E-state index contributed by atoms with van der Waals surface area (Å²) in [6, 6.07) is 14.9. The Balaban J connectivity index is 1.71. The van der Waals surface area contributed by atoms with Crippen LogP contribution in [0.3, 0.4) is 0 Å². The number of rotatable bonds is 10. The largest absolute Gasteiger partial charge is 0.465 e. The Bertz CT molecular complexity index is 1300. The Kier molecular flexibility index (Phi) is 9.52. The number of hydrazine groups is 1. The van der Waals surface area contributed by atoms with Crippen molar-refractivity contribution in [3.05, 3.63) is 87.4 Å². The van der Waals surface area contributed by atoms with Crippen LogP contribution in [0.25, 0.3) is 0 Å². The molecule has 38 heavy (non-hydrogen) atoms. The second-order valence-corrected chi connectivity index (χ2v) is 9.58. The van der Waals surface area contributed by atoms with Crippen molar-refractivity contribution in [3.63, 3.8) is 0 Å². The van der Waals surface area contributed by atoms with E-state index in [1.165, 1.54) is 35.5 Å². The summed E-state index contributed by atoms with van der Waals surface area (Å²) in [6.07, 6.45) is -1.45. The summed E-state index contributed by atoms with van der Waals surface area (Å²) >= 11 is 1.46. The average Bonchev–Trinajstić information content (AvgIpc) is 3.31. The van der Waals surface area contributed by atoms with E-state index in [2.05, 4.69) is 21.2 Å². The number of amides is 4. The molecule has 0 aliphatic rings. The minimum absolute atomic E-state index is 0.0232. The summed E-state index contributed by atoms with van der Waals surface area (Å²) in [4.78, 5) is 56.3. The fraction of sp³-hybridized carbons (Fsp3) is 0.269. The molecule has 4 amide bonds. The maximum Gasteiger partial charge on any atom is 0.405 e. The van der Waals surface area contributed by atoms with E-state index in [1.54, 1.807) is 49.5 Å². The predicted molar refractivity (Wildman–Crippen MR) is 141 cm³/mol. The number of aromatic nitrogens is 1. The Hall–Kier alpha value is -4.29. The number of hydrogen-bond donors (Lipinski definition) is 4. The number of carboxylic acid groups (broad SMARTS) is 1. The first kappa shape index (κ1) is 28.3. The van der Waals surface area contributed by atoms with Gasteiger partial charge in [0.2, 0.25) is 0 Å². The highest BCUT2D eigenvalue weighted by Crippen LogP contribution is 2.16. The molecule has 0 fully saturated rings. The highest BCUT2D eigenvalue weighted by atomic mass is 32.1. The summed E-state index contributed by atoms with van der Waals surface area (Å²) in [6.45, 7) is 1.91. The molecule has 0 aliphatic carbocycles. The molecular weight excluding hydrogens is 510 g/mol. The zero-order valence-electron chi connectivity index (χ0n) is 21.2. The molecule has 0 saturated heterocycles. The molecule has 0 bridgehead atoms. The second-order valence-electron chi connectivity index (χ2n) is 8.64. The first-order valence-electron chi connectivity index (χ1n) is 11.5. The second kappa shape index (κ2) is 12.8. The summed E-state index contributed by atoms with van der Waals surface area (Å²) < 4.78 is 5.16. The zero-order chi connectivity index (χ0) is 27.7. The predicted octanol–water partition coefficient (Wildman–Crippen LogP) is 2.38. The first-order chi connectivity index (χ1) is 18.1. The lowest BCUT2D eigenvalue weighted by Gasteiger charge is -2.31. The number of carbonyl (C=O) groups excluding carboxylic acids is 3. The number of nitrogens with zero attached hydrogens (tertiary/aromatic N) is 2. The molecule has 1 heterocycles. The monoisotopic (exact) mass is 539 g/mol. The van der Waals surface area contributed by atoms with E-state index in [0.717, 1.165) is 10.7 Å². The number of aryl methyl sites for hydroxylation is 1. The number of hydrogen-bond acceptors (Lipinski definition) is 7. The minimum Gasteiger partial charge on any atom is -0.465 e. The van der Waals surface area contributed by atoms with Gasteiger partial charge in [-0.05, 0) is 30.7 Å². The Labute approximate surface area is 223 Å². The van der Waals surface area contributed by atoms with E-state index in [-0.39, 0.29) is 30.1 Å². The van der Waals surface area contributed by atoms with Gasteiger partial charge in [0.05, 0.1) is 13.2 Å². The van der Waals surface area contributed by atoms with Crippen LogP contribution in [0.5, 0.6) is 0 Å². The van der Waals surface area contributed by atoms with Crippen LogP contribution in [0.15, 0.2) is 60.0 Å². The van der Waals surface area contributed by atoms with Crippen LogP contribution in [0.4, 0.5) is 4.79 Å². The van der Waals surface area contributed by atoms with Crippen molar-refractivity contribution >= 4 is 35.2 Å². The van der Waals surface area contributed by atoms with E-state index >= 15 is 0 Å². The molecule has 4 N–H and O–H groups in total. The van der Waals surface area contributed by atoms with E-state index in [1.807, 2.05) is 12.3 Å². The molecule has 0 saturated carbocycles.